The van der Waals surface area contributed by atoms with Crippen molar-refractivity contribution in [2.45, 2.75) is 32.2 Å². The van der Waals surface area contributed by atoms with Crippen molar-refractivity contribution in [1.82, 2.24) is 15.1 Å². The fraction of sp³-hybridized carbons (Fsp3) is 0.526. The summed E-state index contributed by atoms with van der Waals surface area (Å²) in [6, 6.07) is 8.30. The number of benzene rings is 1. The Hall–Kier alpha value is -2.21. The van der Waals surface area contributed by atoms with E-state index >= 15 is 0 Å². The molecule has 6 heteroatoms. The standard InChI is InChI=1S/C19H25N3O3/c1-14(2)12-21-10-8-19(9-11-21)17(24)22(18(25)20-19)13-16(23)15-6-4-3-5-7-15/h3-7,14H,8-13H2,1-2H3,(H,20,25). The molecule has 1 N–H and O–H groups in total. The zero-order chi connectivity index (χ0) is 18.0. The summed E-state index contributed by atoms with van der Waals surface area (Å²) < 4.78 is 0. The number of imide groups is 1. The fourth-order valence-electron chi connectivity index (χ4n) is 3.65. The second-order valence-corrected chi connectivity index (χ2v) is 7.39. The predicted molar refractivity (Wildman–Crippen MR) is 94.3 cm³/mol. The maximum atomic E-state index is 12.9. The number of urea groups is 1. The molecule has 0 atom stereocenters. The molecular formula is C19H25N3O3. The molecule has 2 fully saturated rings. The van der Waals surface area contributed by atoms with Gasteiger partial charge in [0.1, 0.15) is 5.54 Å². The van der Waals surface area contributed by atoms with Gasteiger partial charge in [-0.15, -0.1) is 0 Å². The van der Waals surface area contributed by atoms with Gasteiger partial charge in [0.15, 0.2) is 5.78 Å². The van der Waals surface area contributed by atoms with Gasteiger partial charge in [0.25, 0.3) is 5.91 Å². The van der Waals surface area contributed by atoms with Gasteiger partial charge < -0.3 is 10.2 Å². The molecule has 0 saturated carbocycles. The maximum Gasteiger partial charge on any atom is 0.325 e. The largest absolute Gasteiger partial charge is 0.325 e. The molecule has 25 heavy (non-hydrogen) atoms. The summed E-state index contributed by atoms with van der Waals surface area (Å²) >= 11 is 0. The molecule has 1 aromatic rings. The Balaban J connectivity index is 1.66. The average Bonchev–Trinajstić information content (AvgIpc) is 2.82. The van der Waals surface area contributed by atoms with E-state index < -0.39 is 11.6 Å². The van der Waals surface area contributed by atoms with Crippen molar-refractivity contribution < 1.29 is 14.4 Å². The van der Waals surface area contributed by atoms with E-state index in [2.05, 4.69) is 24.1 Å². The number of hydrogen-bond donors (Lipinski definition) is 1. The third-order valence-electron chi connectivity index (χ3n) is 4.98. The van der Waals surface area contributed by atoms with Gasteiger partial charge in [0, 0.05) is 25.2 Å². The molecule has 3 rings (SSSR count). The summed E-state index contributed by atoms with van der Waals surface area (Å²) in [6.07, 6.45) is 1.20. The van der Waals surface area contributed by atoms with Crippen LogP contribution in [0.15, 0.2) is 30.3 Å². The summed E-state index contributed by atoms with van der Waals surface area (Å²) in [5.74, 6) is 0.0901. The first-order chi connectivity index (χ1) is 11.9. The van der Waals surface area contributed by atoms with Crippen molar-refractivity contribution in [3.8, 4) is 0 Å². The van der Waals surface area contributed by atoms with Crippen LogP contribution in [-0.2, 0) is 4.79 Å². The van der Waals surface area contributed by atoms with E-state index in [0.717, 1.165) is 24.5 Å². The van der Waals surface area contributed by atoms with Gasteiger partial charge in [0.2, 0.25) is 0 Å². The molecule has 1 aromatic carbocycles. The van der Waals surface area contributed by atoms with Gasteiger partial charge in [-0.2, -0.15) is 0 Å². The first kappa shape index (κ1) is 17.6. The summed E-state index contributed by atoms with van der Waals surface area (Å²) in [4.78, 5) is 40.9. The molecule has 0 aliphatic carbocycles. The van der Waals surface area contributed by atoms with E-state index in [9.17, 15) is 14.4 Å². The minimum atomic E-state index is -0.832. The van der Waals surface area contributed by atoms with Gasteiger partial charge in [0.05, 0.1) is 6.54 Å². The number of nitrogens with one attached hydrogen (secondary N) is 1. The molecule has 3 amide bonds. The number of Topliss-reactive ketones (excluding diaryl/α,β-unsaturated/α-hetero) is 1. The van der Waals surface area contributed by atoms with Crippen LogP contribution in [0.3, 0.4) is 0 Å². The van der Waals surface area contributed by atoms with Crippen molar-refractivity contribution in [1.29, 1.82) is 0 Å². The molecule has 6 nitrogen and oxygen atoms in total. The molecule has 1 spiro atoms. The first-order valence-electron chi connectivity index (χ1n) is 8.86. The number of nitrogens with zero attached hydrogens (tertiary/aromatic N) is 2. The first-order valence-corrected chi connectivity index (χ1v) is 8.86. The minimum absolute atomic E-state index is 0.202. The normalized spacial score (nSPS) is 20.4. The molecule has 0 bridgehead atoms. The molecule has 2 heterocycles. The van der Waals surface area contributed by atoms with Crippen molar-refractivity contribution in [3.63, 3.8) is 0 Å². The SMILES string of the molecule is CC(C)CN1CCC2(CC1)NC(=O)N(CC(=O)c1ccccc1)C2=O. The monoisotopic (exact) mass is 343 g/mol. The number of likely N-dealkylation sites (tertiary alicyclic amines) is 1. The molecule has 0 radical (unpaired) electrons. The summed E-state index contributed by atoms with van der Waals surface area (Å²) in [6.45, 7) is 6.70. The van der Waals surface area contributed by atoms with Crippen LogP contribution in [0.4, 0.5) is 4.79 Å². The Labute approximate surface area is 148 Å². The van der Waals surface area contributed by atoms with Crippen molar-refractivity contribution in [2.75, 3.05) is 26.2 Å². The molecule has 134 valence electrons. The third-order valence-corrected chi connectivity index (χ3v) is 4.98. The van der Waals surface area contributed by atoms with E-state index in [4.69, 9.17) is 0 Å². The van der Waals surface area contributed by atoms with E-state index in [1.165, 1.54) is 0 Å². The minimum Gasteiger partial charge on any atom is -0.323 e. The fourth-order valence-corrected chi connectivity index (χ4v) is 3.65. The lowest BCUT2D eigenvalue weighted by molar-refractivity contribution is -0.132. The maximum absolute atomic E-state index is 12.9. The highest BCUT2D eigenvalue weighted by atomic mass is 16.2. The van der Waals surface area contributed by atoms with Crippen molar-refractivity contribution in [3.05, 3.63) is 35.9 Å². The van der Waals surface area contributed by atoms with Gasteiger partial charge in [-0.25, -0.2) is 4.79 Å². The Morgan fingerprint density at radius 3 is 2.40 bits per heavy atom. The Morgan fingerprint density at radius 2 is 1.80 bits per heavy atom. The van der Waals surface area contributed by atoms with E-state index in [1.54, 1.807) is 24.3 Å². The van der Waals surface area contributed by atoms with E-state index in [0.29, 0.717) is 24.3 Å². The van der Waals surface area contributed by atoms with Gasteiger partial charge in [-0.05, 0) is 18.8 Å². The van der Waals surface area contributed by atoms with Crippen LogP contribution in [0.5, 0.6) is 0 Å². The highest BCUT2D eigenvalue weighted by Gasteiger charge is 2.52. The number of rotatable bonds is 5. The molecule has 0 aromatic heterocycles. The lowest BCUT2D eigenvalue weighted by atomic mass is 9.87. The molecule has 0 unspecified atom stereocenters. The molecule has 2 aliphatic rings. The zero-order valence-electron chi connectivity index (χ0n) is 14.8. The predicted octanol–water partition coefficient (Wildman–Crippen LogP) is 1.91. The lowest BCUT2D eigenvalue weighted by Gasteiger charge is -2.37. The highest BCUT2D eigenvalue weighted by molar-refractivity contribution is 6.11. The summed E-state index contributed by atoms with van der Waals surface area (Å²) in [5.41, 5.74) is -0.322. The lowest BCUT2D eigenvalue weighted by Crippen LogP contribution is -2.55. The topological polar surface area (TPSA) is 69.7 Å². The van der Waals surface area contributed by atoms with Gasteiger partial charge in [-0.1, -0.05) is 44.2 Å². The van der Waals surface area contributed by atoms with Gasteiger partial charge in [-0.3, -0.25) is 14.5 Å². The van der Waals surface area contributed by atoms with E-state index in [-0.39, 0.29) is 18.2 Å². The van der Waals surface area contributed by atoms with Crippen LogP contribution in [0.2, 0.25) is 0 Å². The zero-order valence-corrected chi connectivity index (χ0v) is 14.8. The summed E-state index contributed by atoms with van der Waals surface area (Å²) in [7, 11) is 0. The number of piperidine rings is 1. The number of ketones is 1. The smallest absolute Gasteiger partial charge is 0.323 e. The van der Waals surface area contributed by atoms with E-state index in [1.807, 2.05) is 6.07 Å². The molecule has 2 aliphatic heterocycles. The van der Waals surface area contributed by atoms with Crippen LogP contribution in [0, 0.1) is 5.92 Å². The van der Waals surface area contributed by atoms with Crippen molar-refractivity contribution in [2.24, 2.45) is 5.92 Å². The summed E-state index contributed by atoms with van der Waals surface area (Å²) in [5, 5.41) is 2.86. The second kappa shape index (κ2) is 6.96. The molecule has 2 saturated heterocycles. The number of carbonyl (C=O) groups excluding carboxylic acids is 3. The Morgan fingerprint density at radius 1 is 1.16 bits per heavy atom. The van der Waals surface area contributed by atoms with Crippen LogP contribution in [-0.4, -0.2) is 59.2 Å². The van der Waals surface area contributed by atoms with Crippen LogP contribution >= 0.6 is 0 Å². The Kier molecular flexibility index (Phi) is 4.90. The van der Waals surface area contributed by atoms with Gasteiger partial charge >= 0.3 is 6.03 Å². The average molecular weight is 343 g/mol. The molecular weight excluding hydrogens is 318 g/mol. The number of hydrogen-bond acceptors (Lipinski definition) is 4. The quantitative estimate of drug-likeness (QED) is 0.655. The number of amides is 3. The number of carbonyl (C=O) groups is 3. The highest BCUT2D eigenvalue weighted by Crippen LogP contribution is 2.29. The third kappa shape index (κ3) is 3.58. The van der Waals surface area contributed by atoms with Crippen LogP contribution < -0.4 is 5.32 Å². The Bertz CT molecular complexity index is 664. The van der Waals surface area contributed by atoms with Crippen LogP contribution in [0.1, 0.15) is 37.0 Å². The second-order valence-electron chi connectivity index (χ2n) is 7.39. The van der Waals surface area contributed by atoms with Crippen molar-refractivity contribution >= 4 is 17.7 Å². The van der Waals surface area contributed by atoms with Crippen LogP contribution in [0.25, 0.3) is 0 Å².